The highest BCUT2D eigenvalue weighted by Crippen LogP contribution is 1.91. The van der Waals surface area contributed by atoms with Gasteiger partial charge >= 0.3 is 0 Å². The molecule has 5 heteroatoms. The molecule has 1 N–H and O–H groups in total. The summed E-state index contributed by atoms with van der Waals surface area (Å²) < 4.78 is 0. The number of hydrogen-bond donors (Lipinski definition) is 2. The molecule has 0 unspecified atom stereocenters. The minimum atomic E-state index is -0.833. The van der Waals surface area contributed by atoms with Crippen molar-refractivity contribution in [1.29, 1.82) is 0 Å². The van der Waals surface area contributed by atoms with Crippen molar-refractivity contribution in [3.05, 3.63) is 24.3 Å². The number of aliphatic carboxylic acids is 1. The number of rotatable bonds is 2. The third-order valence-electron chi connectivity index (χ3n) is 0.985. The molecule has 0 saturated heterocycles. The number of carboxylic acid groups (broad SMARTS) is 1. The highest BCUT2D eigenvalue weighted by molar-refractivity contribution is 7.80. The van der Waals surface area contributed by atoms with Crippen LogP contribution in [0.3, 0.4) is 0 Å². The first kappa shape index (κ1) is 11.9. The first-order valence-corrected chi connectivity index (χ1v) is 4.35. The maximum Gasteiger partial charge on any atom is 0.300 e. The van der Waals surface area contributed by atoms with Gasteiger partial charge in [-0.1, -0.05) is 0 Å². The van der Waals surface area contributed by atoms with Gasteiger partial charge in [-0.15, -0.1) is 0 Å². The largest absolute Gasteiger partial charge is 0.481 e. The van der Waals surface area contributed by atoms with Crippen LogP contribution in [0.15, 0.2) is 18.6 Å². The maximum atomic E-state index is 9.00. The summed E-state index contributed by atoms with van der Waals surface area (Å²) in [6.07, 6.45) is 6.02. The minimum absolute atomic E-state index is 0.832. The highest BCUT2D eigenvalue weighted by atomic mass is 32.1. The number of hydrogen-bond acceptors (Lipinski definition) is 4. The van der Waals surface area contributed by atoms with Crippen LogP contribution < -0.4 is 0 Å². The van der Waals surface area contributed by atoms with E-state index in [2.05, 4.69) is 22.6 Å². The van der Waals surface area contributed by atoms with Gasteiger partial charge in [-0.25, -0.2) is 0 Å². The van der Waals surface area contributed by atoms with Gasteiger partial charge in [0.05, 0.1) is 5.69 Å². The van der Waals surface area contributed by atoms with Crippen LogP contribution in [0.2, 0.25) is 0 Å². The van der Waals surface area contributed by atoms with Crippen LogP contribution in [0.25, 0.3) is 0 Å². The molecule has 72 valence electrons. The Kier molecular flexibility index (Phi) is 6.91. The van der Waals surface area contributed by atoms with E-state index < -0.39 is 5.97 Å². The predicted molar refractivity (Wildman–Crippen MR) is 52.9 cm³/mol. The van der Waals surface area contributed by atoms with E-state index in [1.807, 2.05) is 0 Å². The van der Waals surface area contributed by atoms with Crippen molar-refractivity contribution in [2.75, 3.05) is 5.75 Å². The summed E-state index contributed by atoms with van der Waals surface area (Å²) in [4.78, 5) is 17.0. The second kappa shape index (κ2) is 7.54. The van der Waals surface area contributed by atoms with Crippen LogP contribution in [0.1, 0.15) is 12.6 Å². The minimum Gasteiger partial charge on any atom is -0.481 e. The summed E-state index contributed by atoms with van der Waals surface area (Å²) in [6.45, 7) is 1.08. The van der Waals surface area contributed by atoms with Gasteiger partial charge in [0.15, 0.2) is 0 Å². The lowest BCUT2D eigenvalue weighted by Gasteiger charge is -1.91. The van der Waals surface area contributed by atoms with E-state index in [9.17, 15) is 0 Å². The Morgan fingerprint density at radius 3 is 2.62 bits per heavy atom. The van der Waals surface area contributed by atoms with Crippen molar-refractivity contribution >= 4 is 18.6 Å². The number of aryl methyl sites for hydroxylation is 1. The number of nitrogens with zero attached hydrogens (tertiary/aromatic N) is 2. The van der Waals surface area contributed by atoms with Crippen LogP contribution >= 0.6 is 12.6 Å². The molecule has 4 nitrogen and oxygen atoms in total. The normalized spacial score (nSPS) is 8.46. The average molecular weight is 200 g/mol. The fraction of sp³-hybridized carbons (Fsp3) is 0.375. The molecule has 1 aromatic heterocycles. The van der Waals surface area contributed by atoms with Gasteiger partial charge in [0.25, 0.3) is 5.97 Å². The molecule has 0 saturated carbocycles. The van der Waals surface area contributed by atoms with Crippen LogP contribution in [-0.4, -0.2) is 26.8 Å². The summed E-state index contributed by atoms with van der Waals surface area (Å²) in [5.41, 5.74) is 1.01. The second-order valence-electron chi connectivity index (χ2n) is 2.19. The van der Waals surface area contributed by atoms with Gasteiger partial charge in [-0.05, 0) is 5.75 Å². The SMILES string of the molecule is CC(=O)O.SCCc1cnccn1. The Bertz CT molecular complexity index is 237. The van der Waals surface area contributed by atoms with E-state index in [1.165, 1.54) is 0 Å². The summed E-state index contributed by atoms with van der Waals surface area (Å²) in [7, 11) is 0. The molecule has 0 amide bonds. The molecule has 0 radical (unpaired) electrons. The Balaban J connectivity index is 0.000000310. The molecule has 0 aromatic carbocycles. The Labute approximate surface area is 82.4 Å². The van der Waals surface area contributed by atoms with Crippen LogP contribution in [0, 0.1) is 0 Å². The molecule has 13 heavy (non-hydrogen) atoms. The number of thiol groups is 1. The van der Waals surface area contributed by atoms with E-state index in [1.54, 1.807) is 18.6 Å². The van der Waals surface area contributed by atoms with Gasteiger partial charge in [0, 0.05) is 31.9 Å². The molecule has 0 aliphatic carbocycles. The van der Waals surface area contributed by atoms with Gasteiger partial charge in [-0.3, -0.25) is 14.8 Å². The summed E-state index contributed by atoms with van der Waals surface area (Å²) in [5.74, 6) is -0.00130. The third-order valence-corrected chi connectivity index (χ3v) is 1.21. The molecule has 0 fully saturated rings. The van der Waals surface area contributed by atoms with Gasteiger partial charge in [-0.2, -0.15) is 12.6 Å². The lowest BCUT2D eigenvalue weighted by molar-refractivity contribution is -0.134. The van der Waals surface area contributed by atoms with Crippen LogP contribution in [0.4, 0.5) is 0 Å². The summed E-state index contributed by atoms with van der Waals surface area (Å²) in [6, 6.07) is 0. The van der Waals surface area contributed by atoms with Crippen LogP contribution in [-0.2, 0) is 11.2 Å². The predicted octanol–water partition coefficient (Wildman–Crippen LogP) is 1.04. The number of carboxylic acids is 1. The lowest BCUT2D eigenvalue weighted by Crippen LogP contribution is -1.90. The number of aromatic nitrogens is 2. The van der Waals surface area contributed by atoms with E-state index in [-0.39, 0.29) is 0 Å². The molecule has 0 atom stereocenters. The molecule has 0 aliphatic rings. The van der Waals surface area contributed by atoms with Crippen molar-refractivity contribution in [1.82, 2.24) is 9.97 Å². The van der Waals surface area contributed by atoms with Crippen molar-refractivity contribution in [3.63, 3.8) is 0 Å². The van der Waals surface area contributed by atoms with Gasteiger partial charge in [0.1, 0.15) is 0 Å². The zero-order valence-corrected chi connectivity index (χ0v) is 8.24. The molecule has 1 heterocycles. The van der Waals surface area contributed by atoms with E-state index >= 15 is 0 Å². The zero-order chi connectivity index (χ0) is 10.1. The van der Waals surface area contributed by atoms with Crippen molar-refractivity contribution in [2.45, 2.75) is 13.3 Å². The first-order valence-electron chi connectivity index (χ1n) is 3.72. The molecular weight excluding hydrogens is 188 g/mol. The monoisotopic (exact) mass is 200 g/mol. The Morgan fingerprint density at radius 1 is 1.62 bits per heavy atom. The van der Waals surface area contributed by atoms with Crippen molar-refractivity contribution < 1.29 is 9.90 Å². The standard InChI is InChI=1S/C6H8N2S.C2H4O2/c9-4-1-6-5-7-2-3-8-6;1-2(3)4/h2-3,5,9H,1,4H2;1H3,(H,3,4). The first-order chi connectivity index (χ1) is 6.16. The fourth-order valence-corrected chi connectivity index (χ4v) is 0.803. The fourth-order valence-electron chi connectivity index (χ4n) is 0.574. The molecule has 0 bridgehead atoms. The average Bonchev–Trinajstić information content (AvgIpc) is 2.06. The van der Waals surface area contributed by atoms with E-state index in [0.29, 0.717) is 0 Å². The van der Waals surface area contributed by atoms with Crippen LogP contribution in [0.5, 0.6) is 0 Å². The maximum absolute atomic E-state index is 9.00. The van der Waals surface area contributed by atoms with Crippen molar-refractivity contribution in [2.24, 2.45) is 0 Å². The molecule has 1 rings (SSSR count). The lowest BCUT2D eigenvalue weighted by atomic mass is 10.4. The zero-order valence-electron chi connectivity index (χ0n) is 7.34. The smallest absolute Gasteiger partial charge is 0.300 e. The van der Waals surface area contributed by atoms with E-state index in [4.69, 9.17) is 9.90 Å². The molecular formula is C8H12N2O2S. The van der Waals surface area contributed by atoms with Gasteiger partial charge in [0.2, 0.25) is 0 Å². The van der Waals surface area contributed by atoms with Gasteiger partial charge < -0.3 is 5.11 Å². The van der Waals surface area contributed by atoms with E-state index in [0.717, 1.165) is 24.8 Å². The second-order valence-corrected chi connectivity index (χ2v) is 2.64. The van der Waals surface area contributed by atoms with Crippen molar-refractivity contribution in [3.8, 4) is 0 Å². The topological polar surface area (TPSA) is 63.1 Å². The Morgan fingerprint density at radius 2 is 2.23 bits per heavy atom. The molecule has 1 aromatic rings. The molecule has 0 spiro atoms. The molecule has 0 aliphatic heterocycles. The highest BCUT2D eigenvalue weighted by Gasteiger charge is 1.87. The number of carbonyl (C=O) groups is 1. The quantitative estimate of drug-likeness (QED) is 0.700. The summed E-state index contributed by atoms with van der Waals surface area (Å²) >= 11 is 4.06. The third kappa shape index (κ3) is 8.81. The summed E-state index contributed by atoms with van der Waals surface area (Å²) in [5, 5.41) is 7.42. The Hall–Kier alpha value is -1.10.